The highest BCUT2D eigenvalue weighted by Crippen LogP contribution is 2.31. The first-order chi connectivity index (χ1) is 11.4. The van der Waals surface area contributed by atoms with E-state index in [0.29, 0.717) is 13.0 Å². The number of aryl methyl sites for hydroxylation is 1. The van der Waals surface area contributed by atoms with Crippen molar-refractivity contribution in [3.05, 3.63) is 41.1 Å². The van der Waals surface area contributed by atoms with Crippen LogP contribution in [0.4, 0.5) is 0 Å². The maximum absolute atomic E-state index is 8.90. The monoisotopic (exact) mass is 322 g/mol. The van der Waals surface area contributed by atoms with Crippen LogP contribution in [0, 0.1) is 11.3 Å². The molecule has 24 heavy (non-hydrogen) atoms. The van der Waals surface area contributed by atoms with Crippen molar-refractivity contribution >= 4 is 0 Å². The van der Waals surface area contributed by atoms with Gasteiger partial charge in [0.05, 0.1) is 24.7 Å². The van der Waals surface area contributed by atoms with Gasteiger partial charge in [-0.3, -0.25) is 4.68 Å². The van der Waals surface area contributed by atoms with E-state index in [-0.39, 0.29) is 5.41 Å². The maximum atomic E-state index is 8.90. The molecule has 1 aromatic carbocycles. The molecule has 0 N–H and O–H groups in total. The van der Waals surface area contributed by atoms with E-state index in [9.17, 15) is 0 Å². The maximum Gasteiger partial charge on any atom is 0.0971 e. The number of likely N-dealkylation sites (N-methyl/N-ethyl adjacent to an activating group) is 1. The topological polar surface area (TPSA) is 44.9 Å². The Morgan fingerprint density at radius 1 is 1.21 bits per heavy atom. The highest BCUT2D eigenvalue weighted by atomic mass is 15.3. The third kappa shape index (κ3) is 3.22. The minimum atomic E-state index is 0.157. The molecule has 0 spiro atoms. The second-order valence-electron chi connectivity index (χ2n) is 7.72. The lowest BCUT2D eigenvalue weighted by Gasteiger charge is -2.23. The number of hydrogen-bond donors (Lipinski definition) is 0. The summed E-state index contributed by atoms with van der Waals surface area (Å²) in [5, 5.41) is 13.8. The van der Waals surface area contributed by atoms with Crippen LogP contribution in [-0.2, 0) is 24.9 Å². The standard InChI is InChI=1S/C20H26N4/c1-20(2,3)16-8-6-15(7-9-16)19-17-14-23(4)13-10-18(17)24(22-19)12-5-11-21/h6-9H,5,10,12-14H2,1-4H3. The zero-order valence-electron chi connectivity index (χ0n) is 15.1. The van der Waals surface area contributed by atoms with Gasteiger partial charge in [-0.25, -0.2) is 0 Å². The summed E-state index contributed by atoms with van der Waals surface area (Å²) in [6.07, 6.45) is 1.51. The summed E-state index contributed by atoms with van der Waals surface area (Å²) in [5.41, 5.74) is 6.37. The summed E-state index contributed by atoms with van der Waals surface area (Å²) < 4.78 is 2.05. The van der Waals surface area contributed by atoms with Crippen molar-refractivity contribution in [2.75, 3.05) is 13.6 Å². The van der Waals surface area contributed by atoms with E-state index in [0.717, 1.165) is 25.2 Å². The Kier molecular flexibility index (Phi) is 4.47. The van der Waals surface area contributed by atoms with Crippen LogP contribution in [0.15, 0.2) is 24.3 Å². The summed E-state index contributed by atoms with van der Waals surface area (Å²) in [7, 11) is 2.15. The molecule has 3 rings (SSSR count). The average Bonchev–Trinajstić information content (AvgIpc) is 2.90. The smallest absolute Gasteiger partial charge is 0.0971 e. The van der Waals surface area contributed by atoms with Gasteiger partial charge in [-0.05, 0) is 18.0 Å². The molecule has 1 aliphatic rings. The van der Waals surface area contributed by atoms with E-state index >= 15 is 0 Å². The molecular weight excluding hydrogens is 296 g/mol. The Bertz CT molecular complexity index is 757. The van der Waals surface area contributed by atoms with E-state index < -0.39 is 0 Å². The summed E-state index contributed by atoms with van der Waals surface area (Å²) in [5.74, 6) is 0. The van der Waals surface area contributed by atoms with Crippen molar-refractivity contribution in [3.8, 4) is 17.3 Å². The summed E-state index contributed by atoms with van der Waals surface area (Å²) >= 11 is 0. The Labute approximate surface area is 144 Å². The van der Waals surface area contributed by atoms with Crippen molar-refractivity contribution in [1.29, 1.82) is 5.26 Å². The normalized spacial score (nSPS) is 15.1. The second kappa shape index (κ2) is 6.41. The first kappa shape index (κ1) is 16.7. The Hall–Kier alpha value is -2.12. The highest BCUT2D eigenvalue weighted by Gasteiger charge is 2.24. The Morgan fingerprint density at radius 3 is 2.54 bits per heavy atom. The van der Waals surface area contributed by atoms with Gasteiger partial charge in [0.2, 0.25) is 0 Å². The SMILES string of the molecule is CN1CCc2c(c(-c3ccc(C(C)(C)C)cc3)nn2CCC#N)C1. The van der Waals surface area contributed by atoms with Gasteiger partial charge in [-0.2, -0.15) is 10.4 Å². The van der Waals surface area contributed by atoms with Crippen molar-refractivity contribution in [2.24, 2.45) is 0 Å². The zero-order valence-corrected chi connectivity index (χ0v) is 15.1. The molecule has 0 saturated heterocycles. The van der Waals surface area contributed by atoms with Crippen molar-refractivity contribution in [1.82, 2.24) is 14.7 Å². The molecule has 4 nitrogen and oxygen atoms in total. The fraction of sp³-hybridized carbons (Fsp3) is 0.500. The van der Waals surface area contributed by atoms with Gasteiger partial charge in [-0.15, -0.1) is 0 Å². The summed E-state index contributed by atoms with van der Waals surface area (Å²) in [4.78, 5) is 2.34. The largest absolute Gasteiger partial charge is 0.302 e. The van der Waals surface area contributed by atoms with Gasteiger partial charge in [0, 0.05) is 36.3 Å². The first-order valence-corrected chi connectivity index (χ1v) is 8.65. The van der Waals surface area contributed by atoms with Crippen LogP contribution in [0.3, 0.4) is 0 Å². The molecule has 0 amide bonds. The predicted octanol–water partition coefficient (Wildman–Crippen LogP) is 3.75. The molecule has 0 bridgehead atoms. The number of aromatic nitrogens is 2. The van der Waals surface area contributed by atoms with Crippen molar-refractivity contribution in [2.45, 2.75) is 52.1 Å². The molecule has 1 aromatic heterocycles. The number of fused-ring (bicyclic) bond motifs is 1. The predicted molar refractivity (Wildman–Crippen MR) is 96.6 cm³/mol. The number of benzene rings is 1. The van der Waals surface area contributed by atoms with E-state index in [1.165, 1.54) is 22.4 Å². The van der Waals surface area contributed by atoms with Crippen LogP contribution in [0.2, 0.25) is 0 Å². The Balaban J connectivity index is 2.01. The summed E-state index contributed by atoms with van der Waals surface area (Å²) in [6, 6.07) is 11.0. The third-order valence-electron chi connectivity index (χ3n) is 4.78. The molecule has 0 radical (unpaired) electrons. The third-order valence-corrected chi connectivity index (χ3v) is 4.78. The molecule has 126 valence electrons. The molecule has 0 saturated carbocycles. The van der Waals surface area contributed by atoms with E-state index in [4.69, 9.17) is 10.4 Å². The molecule has 2 heterocycles. The van der Waals surface area contributed by atoms with Crippen LogP contribution >= 0.6 is 0 Å². The lowest BCUT2D eigenvalue weighted by molar-refractivity contribution is 0.308. The van der Waals surface area contributed by atoms with Crippen LogP contribution in [0.5, 0.6) is 0 Å². The molecule has 4 heteroatoms. The highest BCUT2D eigenvalue weighted by molar-refractivity contribution is 5.65. The minimum Gasteiger partial charge on any atom is -0.302 e. The van der Waals surface area contributed by atoms with Gasteiger partial charge in [-0.1, -0.05) is 45.0 Å². The van der Waals surface area contributed by atoms with Gasteiger partial charge < -0.3 is 4.90 Å². The zero-order chi connectivity index (χ0) is 17.3. The van der Waals surface area contributed by atoms with Gasteiger partial charge in [0.15, 0.2) is 0 Å². The van der Waals surface area contributed by atoms with Crippen molar-refractivity contribution < 1.29 is 0 Å². The van der Waals surface area contributed by atoms with E-state index in [1.54, 1.807) is 0 Å². The van der Waals surface area contributed by atoms with E-state index in [2.05, 4.69) is 67.7 Å². The van der Waals surface area contributed by atoms with E-state index in [1.807, 2.05) is 0 Å². The molecule has 1 aliphatic heterocycles. The molecular formula is C20H26N4. The lowest BCUT2D eigenvalue weighted by atomic mass is 9.86. The molecule has 2 aromatic rings. The van der Waals surface area contributed by atoms with Crippen LogP contribution in [-0.4, -0.2) is 28.3 Å². The van der Waals surface area contributed by atoms with Crippen LogP contribution < -0.4 is 0 Å². The van der Waals surface area contributed by atoms with Crippen molar-refractivity contribution in [3.63, 3.8) is 0 Å². The average molecular weight is 322 g/mol. The second-order valence-corrected chi connectivity index (χ2v) is 7.72. The summed E-state index contributed by atoms with van der Waals surface area (Å²) in [6.45, 7) is 9.36. The quantitative estimate of drug-likeness (QED) is 0.864. The number of rotatable bonds is 3. The van der Waals surface area contributed by atoms with Gasteiger partial charge >= 0.3 is 0 Å². The molecule has 0 aliphatic carbocycles. The molecule has 0 atom stereocenters. The minimum absolute atomic E-state index is 0.157. The Morgan fingerprint density at radius 2 is 1.92 bits per heavy atom. The number of nitriles is 1. The number of nitrogens with zero attached hydrogens (tertiary/aromatic N) is 4. The fourth-order valence-electron chi connectivity index (χ4n) is 3.33. The van der Waals surface area contributed by atoms with Gasteiger partial charge in [0.25, 0.3) is 0 Å². The first-order valence-electron chi connectivity index (χ1n) is 8.65. The fourth-order valence-corrected chi connectivity index (χ4v) is 3.33. The van der Waals surface area contributed by atoms with Crippen LogP contribution in [0.1, 0.15) is 44.0 Å². The lowest BCUT2D eigenvalue weighted by Crippen LogP contribution is -2.27. The molecule has 0 fully saturated rings. The van der Waals surface area contributed by atoms with Crippen LogP contribution in [0.25, 0.3) is 11.3 Å². The molecule has 0 unspecified atom stereocenters. The number of hydrogen-bond acceptors (Lipinski definition) is 3. The van der Waals surface area contributed by atoms with Gasteiger partial charge in [0.1, 0.15) is 0 Å².